The SMILES string of the molecule is CC(C)(O)[C@H]1Cc2c(cc3oc4oc5cc(O)ccc5c4c(=O)c3c2O)O1. The van der Waals surface area contributed by atoms with E-state index in [0.29, 0.717) is 22.3 Å². The van der Waals surface area contributed by atoms with Crippen molar-refractivity contribution < 1.29 is 28.9 Å². The van der Waals surface area contributed by atoms with Gasteiger partial charge in [0, 0.05) is 29.5 Å². The highest BCUT2D eigenvalue weighted by Crippen LogP contribution is 2.43. The number of phenolic OH excluding ortho intramolecular Hbond substituents is 2. The summed E-state index contributed by atoms with van der Waals surface area (Å²) in [6, 6.07) is 5.94. The van der Waals surface area contributed by atoms with Gasteiger partial charge < -0.3 is 28.9 Å². The summed E-state index contributed by atoms with van der Waals surface area (Å²) in [5.74, 6) is 0.164. The lowest BCUT2D eigenvalue weighted by molar-refractivity contribution is -0.0229. The molecular weight excluding hydrogens is 352 g/mol. The molecule has 0 unspecified atom stereocenters. The molecule has 3 heterocycles. The highest BCUT2D eigenvalue weighted by Gasteiger charge is 2.37. The Morgan fingerprint density at radius 1 is 1.07 bits per heavy atom. The highest BCUT2D eigenvalue weighted by molar-refractivity contribution is 6.07. The summed E-state index contributed by atoms with van der Waals surface area (Å²) in [7, 11) is 0. The molecule has 4 aromatic rings. The van der Waals surface area contributed by atoms with E-state index in [1.54, 1.807) is 19.9 Å². The third-order valence-electron chi connectivity index (χ3n) is 5.07. The van der Waals surface area contributed by atoms with E-state index in [-0.39, 0.29) is 40.1 Å². The average molecular weight is 368 g/mol. The second kappa shape index (κ2) is 4.95. The van der Waals surface area contributed by atoms with Crippen LogP contribution in [0.15, 0.2) is 37.9 Å². The van der Waals surface area contributed by atoms with Crippen molar-refractivity contribution in [2.24, 2.45) is 0 Å². The Balaban J connectivity index is 1.84. The third kappa shape index (κ3) is 2.15. The number of aliphatic hydroxyl groups is 1. The lowest BCUT2D eigenvalue weighted by Gasteiger charge is -2.24. The molecule has 1 aliphatic heterocycles. The maximum Gasteiger partial charge on any atom is 0.302 e. The van der Waals surface area contributed by atoms with Gasteiger partial charge in [0.15, 0.2) is 0 Å². The van der Waals surface area contributed by atoms with Crippen LogP contribution < -0.4 is 10.2 Å². The van der Waals surface area contributed by atoms with Crippen molar-refractivity contribution in [1.82, 2.24) is 0 Å². The van der Waals surface area contributed by atoms with Gasteiger partial charge in [0.2, 0.25) is 5.43 Å². The first-order chi connectivity index (χ1) is 12.7. The molecule has 138 valence electrons. The van der Waals surface area contributed by atoms with Crippen LogP contribution in [0.4, 0.5) is 0 Å². The van der Waals surface area contributed by atoms with Crippen molar-refractivity contribution in [2.75, 3.05) is 0 Å². The van der Waals surface area contributed by atoms with Crippen molar-refractivity contribution >= 4 is 33.1 Å². The summed E-state index contributed by atoms with van der Waals surface area (Å²) in [6.45, 7) is 3.25. The zero-order valence-electron chi connectivity index (χ0n) is 14.6. The first-order valence-electron chi connectivity index (χ1n) is 8.50. The van der Waals surface area contributed by atoms with Crippen molar-refractivity contribution in [3.8, 4) is 17.2 Å². The van der Waals surface area contributed by atoms with Crippen molar-refractivity contribution in [2.45, 2.75) is 32.0 Å². The molecule has 0 saturated carbocycles. The Morgan fingerprint density at radius 3 is 2.56 bits per heavy atom. The Morgan fingerprint density at radius 2 is 1.81 bits per heavy atom. The maximum atomic E-state index is 13.1. The lowest BCUT2D eigenvalue weighted by atomic mass is 9.96. The zero-order valence-corrected chi connectivity index (χ0v) is 14.6. The second-order valence-electron chi connectivity index (χ2n) is 7.42. The number of hydrogen-bond donors (Lipinski definition) is 3. The van der Waals surface area contributed by atoms with E-state index in [2.05, 4.69) is 0 Å². The Bertz CT molecular complexity index is 1300. The monoisotopic (exact) mass is 368 g/mol. The molecule has 0 saturated heterocycles. The van der Waals surface area contributed by atoms with Crippen LogP contribution >= 0.6 is 0 Å². The van der Waals surface area contributed by atoms with E-state index in [0.717, 1.165) is 0 Å². The third-order valence-corrected chi connectivity index (χ3v) is 5.07. The first-order valence-corrected chi connectivity index (χ1v) is 8.50. The molecule has 1 aliphatic rings. The van der Waals surface area contributed by atoms with Gasteiger partial charge in [0.25, 0.3) is 0 Å². The van der Waals surface area contributed by atoms with E-state index in [1.165, 1.54) is 18.2 Å². The Labute approximate surface area is 152 Å². The van der Waals surface area contributed by atoms with Crippen LogP contribution in [0.5, 0.6) is 17.2 Å². The molecule has 7 nitrogen and oxygen atoms in total. The number of hydrogen-bond acceptors (Lipinski definition) is 7. The van der Waals surface area contributed by atoms with Gasteiger partial charge in [-0.05, 0) is 26.0 Å². The minimum absolute atomic E-state index is 0.00415. The molecule has 1 atom stereocenters. The van der Waals surface area contributed by atoms with Gasteiger partial charge in [0.1, 0.15) is 45.3 Å². The van der Waals surface area contributed by atoms with Crippen molar-refractivity contribution in [3.63, 3.8) is 0 Å². The van der Waals surface area contributed by atoms with Gasteiger partial charge in [-0.15, -0.1) is 0 Å². The summed E-state index contributed by atoms with van der Waals surface area (Å²) in [5.41, 5.74) is -0.634. The van der Waals surface area contributed by atoms with Gasteiger partial charge in [-0.1, -0.05) is 0 Å². The van der Waals surface area contributed by atoms with Gasteiger partial charge in [-0.25, -0.2) is 0 Å². The molecule has 0 spiro atoms. The lowest BCUT2D eigenvalue weighted by Crippen LogP contribution is -2.39. The molecule has 3 N–H and O–H groups in total. The molecule has 27 heavy (non-hydrogen) atoms. The summed E-state index contributed by atoms with van der Waals surface area (Å²) >= 11 is 0. The van der Waals surface area contributed by atoms with E-state index in [1.807, 2.05) is 0 Å². The molecular formula is C20H16O7. The molecule has 0 fully saturated rings. The van der Waals surface area contributed by atoms with Crippen LogP contribution in [-0.2, 0) is 6.42 Å². The number of rotatable bonds is 1. The number of benzene rings is 2. The molecule has 0 radical (unpaired) electrons. The number of furan rings is 1. The van der Waals surface area contributed by atoms with E-state index in [9.17, 15) is 20.1 Å². The summed E-state index contributed by atoms with van der Waals surface area (Å²) in [6.07, 6.45) is -0.268. The topological polar surface area (TPSA) is 113 Å². The van der Waals surface area contributed by atoms with Gasteiger partial charge in [-0.3, -0.25) is 4.79 Å². The van der Waals surface area contributed by atoms with Gasteiger partial charge in [0.05, 0.1) is 5.60 Å². The van der Waals surface area contributed by atoms with Crippen LogP contribution in [0.1, 0.15) is 19.4 Å². The smallest absolute Gasteiger partial charge is 0.302 e. The summed E-state index contributed by atoms with van der Waals surface area (Å²) in [5, 5.41) is 31.3. The molecule has 0 aliphatic carbocycles. The van der Waals surface area contributed by atoms with E-state index >= 15 is 0 Å². The molecule has 2 aromatic carbocycles. The molecule has 7 heteroatoms. The van der Waals surface area contributed by atoms with Gasteiger partial charge >= 0.3 is 5.78 Å². The van der Waals surface area contributed by atoms with Gasteiger partial charge in [-0.2, -0.15) is 0 Å². The highest BCUT2D eigenvalue weighted by atomic mass is 16.5. The summed E-state index contributed by atoms with van der Waals surface area (Å²) in [4.78, 5) is 13.1. The average Bonchev–Trinajstić information content (AvgIpc) is 3.15. The van der Waals surface area contributed by atoms with Crippen molar-refractivity contribution in [3.05, 3.63) is 40.1 Å². The molecule has 2 aromatic heterocycles. The number of fused-ring (bicyclic) bond motifs is 5. The van der Waals surface area contributed by atoms with Crippen LogP contribution in [0.2, 0.25) is 0 Å². The van der Waals surface area contributed by atoms with E-state index in [4.69, 9.17) is 13.6 Å². The fourth-order valence-electron chi connectivity index (χ4n) is 3.61. The van der Waals surface area contributed by atoms with Crippen LogP contribution in [0.25, 0.3) is 33.1 Å². The predicted molar refractivity (Wildman–Crippen MR) is 97.5 cm³/mol. The fourth-order valence-corrected chi connectivity index (χ4v) is 3.61. The number of phenols is 2. The normalized spacial score (nSPS) is 16.9. The standard InChI is InChI=1S/C20H16O7/c1-20(2,24)14-6-10-12(25-14)7-13-16(17(10)22)18(23)15-9-4-3-8(21)5-11(9)26-19(15)27-13/h3-5,7,14,21-22,24H,6H2,1-2H3/t14-/m1/s1. The molecule has 0 amide bonds. The van der Waals surface area contributed by atoms with Crippen molar-refractivity contribution in [1.29, 1.82) is 0 Å². The fraction of sp³-hybridized carbons (Fsp3) is 0.250. The number of aromatic hydroxyl groups is 2. The van der Waals surface area contributed by atoms with Crippen LogP contribution in [0, 0.1) is 0 Å². The van der Waals surface area contributed by atoms with Crippen LogP contribution in [-0.4, -0.2) is 27.0 Å². The minimum Gasteiger partial charge on any atom is -0.508 e. The predicted octanol–water partition coefficient (Wildman–Crippen LogP) is 3.18. The second-order valence-corrected chi connectivity index (χ2v) is 7.42. The summed E-state index contributed by atoms with van der Waals surface area (Å²) < 4.78 is 17.0. The zero-order chi connectivity index (χ0) is 19.1. The Hall–Kier alpha value is -3.19. The van der Waals surface area contributed by atoms with E-state index < -0.39 is 17.1 Å². The minimum atomic E-state index is -1.11. The largest absolute Gasteiger partial charge is 0.508 e. The quantitative estimate of drug-likeness (QED) is 0.473. The molecule has 0 bridgehead atoms. The maximum absolute atomic E-state index is 13.1. The first kappa shape index (κ1) is 16.0. The molecule has 5 rings (SSSR count). The number of ether oxygens (including phenoxy) is 1. The van der Waals surface area contributed by atoms with Crippen LogP contribution in [0.3, 0.4) is 0 Å². The Kier molecular flexibility index (Phi) is 2.94.